The van der Waals surface area contributed by atoms with Gasteiger partial charge < -0.3 is 0 Å². The highest BCUT2D eigenvalue weighted by molar-refractivity contribution is 6.45. The number of hydrazine groups is 1. The fourth-order valence-electron chi connectivity index (χ4n) is 3.54. The molecule has 7 nitrogen and oxygen atoms in total. The summed E-state index contributed by atoms with van der Waals surface area (Å²) in [7, 11) is 0. The van der Waals surface area contributed by atoms with Gasteiger partial charge in [0.15, 0.2) is 0 Å². The van der Waals surface area contributed by atoms with Crippen molar-refractivity contribution in [1.82, 2.24) is 4.90 Å². The minimum absolute atomic E-state index is 0.225. The summed E-state index contributed by atoms with van der Waals surface area (Å²) in [5.74, 6) is 1.54. The first-order chi connectivity index (χ1) is 12.0. The second-order valence-corrected chi connectivity index (χ2v) is 6.53. The molecular weight excluding hydrogens is 322 g/mol. The van der Waals surface area contributed by atoms with Crippen LogP contribution in [0.2, 0.25) is 0 Å². The number of ketones is 1. The van der Waals surface area contributed by atoms with Crippen LogP contribution in [-0.4, -0.2) is 34.4 Å². The molecule has 25 heavy (non-hydrogen) atoms. The molecule has 0 bridgehead atoms. The summed E-state index contributed by atoms with van der Waals surface area (Å²) in [6.45, 7) is 0. The number of para-hydroxylation sites is 1. The van der Waals surface area contributed by atoms with Crippen LogP contribution in [0, 0.1) is 5.92 Å². The van der Waals surface area contributed by atoms with E-state index in [0.29, 0.717) is 5.69 Å². The molecule has 7 heteroatoms. The van der Waals surface area contributed by atoms with Gasteiger partial charge in [-0.1, -0.05) is 37.5 Å². The van der Waals surface area contributed by atoms with E-state index in [-0.39, 0.29) is 12.5 Å². The number of benzene rings is 1. The molecule has 2 fully saturated rings. The lowest BCUT2D eigenvalue weighted by molar-refractivity contribution is -0.163. The number of nitrogens with zero attached hydrogens (tertiary/aromatic N) is 2. The lowest BCUT2D eigenvalue weighted by atomic mass is 9.88. The van der Waals surface area contributed by atoms with Crippen LogP contribution in [0.5, 0.6) is 0 Å². The van der Waals surface area contributed by atoms with E-state index in [1.54, 1.807) is 30.3 Å². The molecule has 1 aliphatic carbocycles. The van der Waals surface area contributed by atoms with Crippen molar-refractivity contribution in [1.29, 1.82) is 0 Å². The zero-order chi connectivity index (χ0) is 18.0. The number of hydrogen-bond acceptors (Lipinski definition) is 5. The van der Waals surface area contributed by atoms with Crippen LogP contribution < -0.4 is 10.9 Å². The molecule has 0 spiro atoms. The predicted molar refractivity (Wildman–Crippen MR) is 90.0 cm³/mol. The van der Waals surface area contributed by atoms with E-state index >= 15 is 0 Å². The van der Waals surface area contributed by atoms with E-state index in [9.17, 15) is 19.2 Å². The van der Waals surface area contributed by atoms with Gasteiger partial charge in [-0.3, -0.25) is 24.1 Å². The van der Waals surface area contributed by atoms with Gasteiger partial charge in [-0.25, -0.2) is 10.9 Å². The third-order valence-corrected chi connectivity index (χ3v) is 4.90. The first-order valence-electron chi connectivity index (χ1n) is 8.54. The summed E-state index contributed by atoms with van der Waals surface area (Å²) >= 11 is 0. The van der Waals surface area contributed by atoms with Crippen molar-refractivity contribution >= 4 is 29.2 Å². The molecule has 3 amide bonds. The number of carbonyl (C=O) groups excluding carboxylic acids is 4. The maximum Gasteiger partial charge on any atom is 0.297 e. The summed E-state index contributed by atoms with van der Waals surface area (Å²) in [5.41, 5.74) is 0.398. The molecule has 0 aromatic heterocycles. The lowest BCUT2D eigenvalue weighted by Crippen LogP contribution is -2.58. The number of Topliss-reactive ketones (excluding diaryl/α,β-unsaturated/α-hetero) is 1. The van der Waals surface area contributed by atoms with Gasteiger partial charge in [-0.2, -0.15) is 0 Å². The normalized spacial score (nSPS) is 22.2. The zero-order valence-corrected chi connectivity index (χ0v) is 13.9. The molecule has 0 unspecified atom stereocenters. The van der Waals surface area contributed by atoms with Crippen molar-refractivity contribution in [2.24, 2.45) is 11.8 Å². The quantitative estimate of drug-likeness (QED) is 0.222. The van der Waals surface area contributed by atoms with E-state index in [4.69, 9.17) is 5.84 Å². The fraction of sp³-hybridized carbons (Fsp3) is 0.444. The molecule has 1 aromatic rings. The SMILES string of the molecule is NN(C(=O)[C@H]1CC(=O)N(C2CCCCC2)C(=O)C1=O)c1ccccc1. The Balaban J connectivity index is 1.76. The van der Waals surface area contributed by atoms with Crippen molar-refractivity contribution < 1.29 is 19.2 Å². The molecule has 1 atom stereocenters. The Morgan fingerprint density at radius 2 is 1.68 bits per heavy atom. The highest BCUT2D eigenvalue weighted by Gasteiger charge is 2.47. The molecule has 2 N–H and O–H groups in total. The van der Waals surface area contributed by atoms with Crippen LogP contribution in [0.1, 0.15) is 38.5 Å². The molecule has 0 radical (unpaired) electrons. The summed E-state index contributed by atoms with van der Waals surface area (Å²) in [5, 5.41) is 0.833. The number of rotatable bonds is 3. The van der Waals surface area contributed by atoms with Gasteiger partial charge >= 0.3 is 0 Å². The lowest BCUT2D eigenvalue weighted by Gasteiger charge is -2.36. The Morgan fingerprint density at radius 1 is 1.04 bits per heavy atom. The second-order valence-electron chi connectivity index (χ2n) is 6.53. The summed E-state index contributed by atoms with van der Waals surface area (Å²) in [6, 6.07) is 8.17. The smallest absolute Gasteiger partial charge is 0.288 e. The van der Waals surface area contributed by atoms with Crippen LogP contribution >= 0.6 is 0 Å². The molecule has 1 saturated heterocycles. The summed E-state index contributed by atoms with van der Waals surface area (Å²) in [4.78, 5) is 51.0. The zero-order valence-electron chi connectivity index (χ0n) is 13.9. The van der Waals surface area contributed by atoms with Crippen molar-refractivity contribution in [3.8, 4) is 0 Å². The number of nitrogens with two attached hydrogens (primary N) is 1. The Morgan fingerprint density at radius 3 is 2.32 bits per heavy atom. The van der Waals surface area contributed by atoms with Gasteiger partial charge in [0.2, 0.25) is 11.7 Å². The molecule has 132 valence electrons. The van der Waals surface area contributed by atoms with Crippen LogP contribution in [0.3, 0.4) is 0 Å². The van der Waals surface area contributed by atoms with Gasteiger partial charge in [0.1, 0.15) is 5.92 Å². The van der Waals surface area contributed by atoms with Crippen molar-refractivity contribution in [3.63, 3.8) is 0 Å². The molecule has 1 heterocycles. The predicted octanol–water partition coefficient (Wildman–Crippen LogP) is 1.17. The number of piperidine rings is 1. The van der Waals surface area contributed by atoms with Gasteiger partial charge in [-0.15, -0.1) is 0 Å². The summed E-state index contributed by atoms with van der Waals surface area (Å²) in [6.07, 6.45) is 4.07. The standard InChI is InChI=1S/C18H21N3O4/c19-21(13-9-5-2-6-10-13)17(24)14-11-15(22)20(18(25)16(14)23)12-7-3-1-4-8-12/h2,5-6,9-10,12,14H,1,3-4,7-8,11,19H2/t14-/m0/s1. The average Bonchev–Trinajstić information content (AvgIpc) is 2.65. The monoisotopic (exact) mass is 343 g/mol. The molecule has 3 rings (SSSR count). The van der Waals surface area contributed by atoms with Crippen molar-refractivity contribution in [2.45, 2.75) is 44.6 Å². The van der Waals surface area contributed by atoms with Crippen LogP contribution in [0.15, 0.2) is 30.3 Å². The average molecular weight is 343 g/mol. The Labute approximate surface area is 145 Å². The Kier molecular flexibility index (Phi) is 4.94. The van der Waals surface area contributed by atoms with E-state index in [1.165, 1.54) is 0 Å². The van der Waals surface area contributed by atoms with Crippen LogP contribution in [-0.2, 0) is 19.2 Å². The Hall–Kier alpha value is -2.54. The number of hydrogen-bond donors (Lipinski definition) is 1. The molecule has 2 aliphatic rings. The number of anilines is 1. The van der Waals surface area contributed by atoms with Gasteiger partial charge in [0.25, 0.3) is 11.8 Å². The maximum absolute atomic E-state index is 12.5. The van der Waals surface area contributed by atoms with Crippen molar-refractivity contribution in [2.75, 3.05) is 5.01 Å². The van der Waals surface area contributed by atoms with Gasteiger partial charge in [0, 0.05) is 12.5 Å². The Bertz CT molecular complexity index is 698. The maximum atomic E-state index is 12.5. The van der Waals surface area contributed by atoms with Gasteiger partial charge in [-0.05, 0) is 25.0 Å². The largest absolute Gasteiger partial charge is 0.297 e. The topological polar surface area (TPSA) is 101 Å². The third kappa shape index (κ3) is 3.32. The highest BCUT2D eigenvalue weighted by Crippen LogP contribution is 2.28. The van der Waals surface area contributed by atoms with Gasteiger partial charge in [0.05, 0.1) is 5.69 Å². The molecule has 1 aliphatic heterocycles. The minimum atomic E-state index is -1.34. The second kappa shape index (κ2) is 7.14. The molecule has 1 aromatic carbocycles. The fourth-order valence-corrected chi connectivity index (χ4v) is 3.54. The number of amides is 3. The number of imide groups is 1. The molecular formula is C18H21N3O4. The number of likely N-dealkylation sites (tertiary alicyclic amines) is 1. The first kappa shape index (κ1) is 17.3. The van der Waals surface area contributed by atoms with E-state index < -0.39 is 29.4 Å². The van der Waals surface area contributed by atoms with E-state index in [0.717, 1.165) is 42.0 Å². The molecule has 1 saturated carbocycles. The van der Waals surface area contributed by atoms with Crippen LogP contribution in [0.25, 0.3) is 0 Å². The highest BCUT2D eigenvalue weighted by atomic mass is 16.2. The van der Waals surface area contributed by atoms with Crippen LogP contribution in [0.4, 0.5) is 5.69 Å². The van der Waals surface area contributed by atoms with E-state index in [2.05, 4.69) is 0 Å². The minimum Gasteiger partial charge on any atom is -0.288 e. The summed E-state index contributed by atoms with van der Waals surface area (Å²) < 4.78 is 0. The van der Waals surface area contributed by atoms with E-state index in [1.807, 2.05) is 0 Å². The third-order valence-electron chi connectivity index (χ3n) is 4.90. The number of carbonyl (C=O) groups is 4. The first-order valence-corrected chi connectivity index (χ1v) is 8.54. The van der Waals surface area contributed by atoms with Crippen molar-refractivity contribution in [3.05, 3.63) is 30.3 Å².